The third kappa shape index (κ3) is 4.15. The number of nitrogens with zero attached hydrogens (tertiary/aromatic N) is 3. The van der Waals surface area contributed by atoms with Crippen LogP contribution < -0.4 is 10.2 Å². The Balaban J connectivity index is 0.000000706. The topological polar surface area (TPSA) is 103 Å². The Labute approximate surface area is 167 Å². The number of rotatable bonds is 3. The lowest BCUT2D eigenvalue weighted by molar-refractivity contribution is -0.123. The Hall–Kier alpha value is -2.52. The molecule has 3 saturated heterocycles. The SMILES string of the molecule is CC(=O)N(C)c1ccc2c(C(=O)N[C@@H]3CN4CCC3CC4)nsc2c1.O=CO. The van der Waals surface area contributed by atoms with E-state index >= 15 is 0 Å². The normalized spacial score (nSPS) is 22.9. The van der Waals surface area contributed by atoms with E-state index in [0.717, 1.165) is 35.4 Å². The minimum absolute atomic E-state index is 0.0239. The predicted molar refractivity (Wildman–Crippen MR) is 108 cm³/mol. The second kappa shape index (κ2) is 8.66. The van der Waals surface area contributed by atoms with Crippen LogP contribution in [0, 0.1) is 5.92 Å². The Bertz CT molecular complexity index is 876. The van der Waals surface area contributed by atoms with E-state index < -0.39 is 0 Å². The Morgan fingerprint density at radius 1 is 1.36 bits per heavy atom. The molecule has 0 spiro atoms. The molecule has 1 atom stereocenters. The molecule has 150 valence electrons. The molecule has 5 rings (SSSR count). The van der Waals surface area contributed by atoms with E-state index in [1.807, 2.05) is 18.2 Å². The van der Waals surface area contributed by atoms with Gasteiger partial charge in [0.2, 0.25) is 5.91 Å². The number of hydrogen-bond donors (Lipinski definition) is 2. The van der Waals surface area contributed by atoms with Gasteiger partial charge in [0, 0.05) is 37.6 Å². The van der Waals surface area contributed by atoms with Gasteiger partial charge in [-0.25, -0.2) is 0 Å². The number of nitrogens with one attached hydrogen (secondary N) is 1. The Kier molecular flexibility index (Phi) is 6.25. The molecule has 28 heavy (non-hydrogen) atoms. The van der Waals surface area contributed by atoms with Gasteiger partial charge >= 0.3 is 0 Å². The van der Waals surface area contributed by atoms with Crippen molar-refractivity contribution in [1.82, 2.24) is 14.6 Å². The Morgan fingerprint density at radius 3 is 2.61 bits per heavy atom. The Morgan fingerprint density at radius 2 is 2.04 bits per heavy atom. The lowest BCUT2D eigenvalue weighted by Gasteiger charge is -2.44. The molecule has 1 aromatic carbocycles. The van der Waals surface area contributed by atoms with Crippen molar-refractivity contribution in [3.8, 4) is 0 Å². The first-order chi connectivity index (χ1) is 13.4. The molecule has 8 nitrogen and oxygen atoms in total. The van der Waals surface area contributed by atoms with Crippen molar-refractivity contribution in [3.63, 3.8) is 0 Å². The number of fused-ring (bicyclic) bond motifs is 4. The lowest BCUT2D eigenvalue weighted by atomic mass is 9.84. The molecule has 1 aromatic heterocycles. The van der Waals surface area contributed by atoms with Gasteiger partial charge < -0.3 is 20.2 Å². The van der Waals surface area contributed by atoms with Gasteiger partial charge in [-0.3, -0.25) is 14.4 Å². The summed E-state index contributed by atoms with van der Waals surface area (Å²) in [4.78, 5) is 36.6. The van der Waals surface area contributed by atoms with E-state index in [4.69, 9.17) is 9.90 Å². The summed E-state index contributed by atoms with van der Waals surface area (Å²) in [6.07, 6.45) is 2.34. The number of benzene rings is 1. The van der Waals surface area contributed by atoms with Gasteiger partial charge in [-0.05, 0) is 61.6 Å². The first kappa shape index (κ1) is 20.2. The van der Waals surface area contributed by atoms with Crippen LogP contribution in [0.2, 0.25) is 0 Å². The highest BCUT2D eigenvalue weighted by atomic mass is 32.1. The fourth-order valence-electron chi connectivity index (χ4n) is 3.85. The van der Waals surface area contributed by atoms with Crippen LogP contribution in [0.5, 0.6) is 0 Å². The second-order valence-corrected chi connectivity index (χ2v) is 7.92. The zero-order valence-corrected chi connectivity index (χ0v) is 16.7. The smallest absolute Gasteiger partial charge is 0.290 e. The van der Waals surface area contributed by atoms with Gasteiger partial charge in [0.1, 0.15) is 5.69 Å². The summed E-state index contributed by atoms with van der Waals surface area (Å²) >= 11 is 1.30. The highest BCUT2D eigenvalue weighted by molar-refractivity contribution is 7.13. The number of carbonyl (C=O) groups is 3. The summed E-state index contributed by atoms with van der Waals surface area (Å²) in [6.45, 7) is 4.54. The standard InChI is InChI=1S/C18H22N4O2S.CH2O2/c1-11(23)21(2)13-3-4-14-16(9-13)25-20-17(14)18(24)19-15-10-22-7-5-12(15)6-8-22;2-1-3/h3-4,9,12,15H,5-8,10H2,1-2H3,(H,19,24);1H,(H,2,3)/t15-;/m1./s1. The van der Waals surface area contributed by atoms with Crippen LogP contribution in [-0.2, 0) is 9.59 Å². The third-order valence-corrected chi connectivity index (χ3v) is 6.31. The van der Waals surface area contributed by atoms with Crippen LogP contribution in [0.1, 0.15) is 30.3 Å². The molecule has 2 N–H and O–H groups in total. The average molecular weight is 404 g/mol. The average Bonchev–Trinajstić information content (AvgIpc) is 3.12. The number of aromatic nitrogens is 1. The number of carboxylic acid groups (broad SMARTS) is 1. The molecule has 9 heteroatoms. The largest absolute Gasteiger partial charge is 0.483 e. The summed E-state index contributed by atoms with van der Waals surface area (Å²) in [7, 11) is 1.74. The molecule has 3 aliphatic rings. The van der Waals surface area contributed by atoms with Gasteiger partial charge in [-0.1, -0.05) is 0 Å². The van der Waals surface area contributed by atoms with Crippen LogP contribution in [0.15, 0.2) is 18.2 Å². The molecule has 2 amide bonds. The number of amides is 2. The summed E-state index contributed by atoms with van der Waals surface area (Å²) in [6, 6.07) is 5.90. The van der Waals surface area contributed by atoms with E-state index in [9.17, 15) is 9.59 Å². The molecule has 0 radical (unpaired) electrons. The van der Waals surface area contributed by atoms with Gasteiger partial charge in [-0.15, -0.1) is 0 Å². The van der Waals surface area contributed by atoms with E-state index in [0.29, 0.717) is 11.6 Å². The van der Waals surface area contributed by atoms with Crippen molar-refractivity contribution in [2.24, 2.45) is 5.92 Å². The van der Waals surface area contributed by atoms with Crippen molar-refractivity contribution in [3.05, 3.63) is 23.9 Å². The van der Waals surface area contributed by atoms with Crippen molar-refractivity contribution in [2.45, 2.75) is 25.8 Å². The monoisotopic (exact) mass is 404 g/mol. The summed E-state index contributed by atoms with van der Waals surface area (Å²) in [5, 5.41) is 10.9. The van der Waals surface area contributed by atoms with Gasteiger partial charge in [-0.2, -0.15) is 4.37 Å². The number of anilines is 1. The van der Waals surface area contributed by atoms with Crippen LogP contribution in [-0.4, -0.2) is 65.4 Å². The maximum absolute atomic E-state index is 12.7. The predicted octanol–water partition coefficient (Wildman–Crippen LogP) is 1.80. The van der Waals surface area contributed by atoms with E-state index in [1.54, 1.807) is 11.9 Å². The number of carbonyl (C=O) groups excluding carboxylic acids is 2. The van der Waals surface area contributed by atoms with Gasteiger partial charge in [0.05, 0.1) is 4.70 Å². The molecule has 3 aliphatic heterocycles. The van der Waals surface area contributed by atoms with Gasteiger partial charge in [0.25, 0.3) is 12.4 Å². The molecule has 4 heterocycles. The number of piperidine rings is 3. The van der Waals surface area contributed by atoms with Crippen molar-refractivity contribution >= 4 is 45.6 Å². The minimum Gasteiger partial charge on any atom is -0.483 e. The molecule has 2 aromatic rings. The fraction of sp³-hybridized carbons (Fsp3) is 0.474. The third-order valence-electron chi connectivity index (χ3n) is 5.50. The zero-order chi connectivity index (χ0) is 20.3. The molecular formula is C19H24N4O4S. The molecule has 2 bridgehead atoms. The first-order valence-electron chi connectivity index (χ1n) is 9.19. The van der Waals surface area contributed by atoms with Gasteiger partial charge in [0.15, 0.2) is 0 Å². The van der Waals surface area contributed by atoms with Crippen molar-refractivity contribution in [1.29, 1.82) is 0 Å². The maximum atomic E-state index is 12.7. The summed E-state index contributed by atoms with van der Waals surface area (Å²) < 4.78 is 5.30. The molecule has 0 unspecified atom stereocenters. The lowest BCUT2D eigenvalue weighted by Crippen LogP contribution is -2.57. The van der Waals surface area contributed by atoms with Crippen LogP contribution in [0.3, 0.4) is 0 Å². The molecule has 0 aliphatic carbocycles. The van der Waals surface area contributed by atoms with Crippen molar-refractivity contribution < 1.29 is 19.5 Å². The molecule has 3 fully saturated rings. The van der Waals surface area contributed by atoms with E-state index in [1.165, 1.54) is 31.3 Å². The van der Waals surface area contributed by atoms with Crippen LogP contribution in [0.25, 0.3) is 10.1 Å². The maximum Gasteiger partial charge on any atom is 0.290 e. The zero-order valence-electron chi connectivity index (χ0n) is 15.9. The number of hydrogen-bond acceptors (Lipinski definition) is 6. The quantitative estimate of drug-likeness (QED) is 0.757. The first-order valence-corrected chi connectivity index (χ1v) is 9.96. The van der Waals surface area contributed by atoms with E-state index in [-0.39, 0.29) is 24.3 Å². The summed E-state index contributed by atoms with van der Waals surface area (Å²) in [5.74, 6) is 0.483. The van der Waals surface area contributed by atoms with E-state index in [2.05, 4.69) is 14.6 Å². The fourth-order valence-corrected chi connectivity index (χ4v) is 4.65. The summed E-state index contributed by atoms with van der Waals surface area (Å²) in [5.41, 5.74) is 1.31. The van der Waals surface area contributed by atoms with Crippen molar-refractivity contribution in [2.75, 3.05) is 31.6 Å². The minimum atomic E-state index is -0.250. The highest BCUT2D eigenvalue weighted by Crippen LogP contribution is 2.30. The molecule has 0 saturated carbocycles. The van der Waals surface area contributed by atoms with Crippen LogP contribution >= 0.6 is 11.5 Å². The molecular weight excluding hydrogens is 380 g/mol. The second-order valence-electron chi connectivity index (χ2n) is 7.11. The van der Waals surface area contributed by atoms with Crippen LogP contribution in [0.4, 0.5) is 5.69 Å². The highest BCUT2D eigenvalue weighted by Gasteiger charge is 2.35.